The van der Waals surface area contributed by atoms with Crippen molar-refractivity contribution in [3.8, 4) is 0 Å². The fourth-order valence-corrected chi connectivity index (χ4v) is 3.40. The van der Waals surface area contributed by atoms with Crippen molar-refractivity contribution < 1.29 is 27.5 Å². The molecule has 0 unspecified atom stereocenters. The number of nitrogens with zero attached hydrogens (tertiary/aromatic N) is 4. The van der Waals surface area contributed by atoms with E-state index in [0.717, 1.165) is 9.41 Å². The SMILES string of the molecule is CSc1ccc(C(=O)COC(=O)CCc2c(C)nc3nc(C(F)(F)F)nn3c2C)cc1. The van der Waals surface area contributed by atoms with Crippen LogP contribution in [0.4, 0.5) is 13.2 Å². The van der Waals surface area contributed by atoms with E-state index in [9.17, 15) is 22.8 Å². The number of hydrogen-bond acceptors (Lipinski definition) is 7. The molecule has 164 valence electrons. The molecule has 0 atom stereocenters. The smallest absolute Gasteiger partial charge is 0.453 e. The second-order valence-electron chi connectivity index (χ2n) is 6.72. The summed E-state index contributed by atoms with van der Waals surface area (Å²) in [6.07, 6.45) is -2.64. The average molecular weight is 452 g/mol. The van der Waals surface area contributed by atoms with Gasteiger partial charge in [0.2, 0.25) is 0 Å². The summed E-state index contributed by atoms with van der Waals surface area (Å²) in [5.74, 6) is -2.35. The van der Waals surface area contributed by atoms with Crippen LogP contribution in [0.1, 0.15) is 39.6 Å². The normalized spacial score (nSPS) is 11.7. The molecule has 1 aromatic carbocycles. The number of hydrogen-bond donors (Lipinski definition) is 0. The van der Waals surface area contributed by atoms with Crippen molar-refractivity contribution in [1.29, 1.82) is 0 Å². The van der Waals surface area contributed by atoms with Crippen molar-refractivity contribution in [2.45, 2.75) is 37.8 Å². The summed E-state index contributed by atoms with van der Waals surface area (Å²) in [7, 11) is 0. The Bertz CT molecular complexity index is 1130. The Kier molecular flexibility index (Phi) is 6.63. The predicted molar refractivity (Wildman–Crippen MR) is 107 cm³/mol. The molecule has 0 N–H and O–H groups in total. The Morgan fingerprint density at radius 1 is 1.13 bits per heavy atom. The number of carbonyl (C=O) groups excluding carboxylic acids is 2. The molecular formula is C20H19F3N4O3S. The number of alkyl halides is 3. The third-order valence-corrected chi connectivity index (χ3v) is 5.40. The van der Waals surface area contributed by atoms with Gasteiger partial charge in [0.25, 0.3) is 11.6 Å². The van der Waals surface area contributed by atoms with Gasteiger partial charge in [0.1, 0.15) is 0 Å². The van der Waals surface area contributed by atoms with Gasteiger partial charge in [-0.25, -0.2) is 9.50 Å². The minimum atomic E-state index is -4.68. The van der Waals surface area contributed by atoms with Gasteiger partial charge >= 0.3 is 12.1 Å². The first-order chi connectivity index (χ1) is 14.6. The number of aromatic nitrogens is 4. The van der Waals surface area contributed by atoms with Gasteiger partial charge in [-0.2, -0.15) is 18.2 Å². The van der Waals surface area contributed by atoms with E-state index in [1.807, 2.05) is 18.4 Å². The minimum Gasteiger partial charge on any atom is -0.457 e. The lowest BCUT2D eigenvalue weighted by Crippen LogP contribution is -2.15. The zero-order chi connectivity index (χ0) is 22.8. The Labute approximate surface area is 180 Å². The van der Waals surface area contributed by atoms with Crippen molar-refractivity contribution in [3.05, 3.63) is 52.6 Å². The van der Waals surface area contributed by atoms with Crippen molar-refractivity contribution in [1.82, 2.24) is 19.6 Å². The van der Waals surface area contributed by atoms with Crippen LogP contribution in [0.5, 0.6) is 0 Å². The number of halogens is 3. The number of thioether (sulfide) groups is 1. The Balaban J connectivity index is 1.63. The molecule has 0 fully saturated rings. The molecule has 3 aromatic rings. The quantitative estimate of drug-likeness (QED) is 0.306. The Hall–Kier alpha value is -2.95. The molecule has 7 nitrogen and oxygen atoms in total. The summed E-state index contributed by atoms with van der Waals surface area (Å²) in [4.78, 5) is 32.7. The summed E-state index contributed by atoms with van der Waals surface area (Å²) in [6, 6.07) is 6.96. The topological polar surface area (TPSA) is 86.5 Å². The molecule has 2 aromatic heterocycles. The third-order valence-electron chi connectivity index (χ3n) is 4.66. The number of esters is 1. The van der Waals surface area contributed by atoms with Gasteiger partial charge in [-0.15, -0.1) is 16.9 Å². The Morgan fingerprint density at radius 2 is 1.81 bits per heavy atom. The molecule has 0 amide bonds. The van der Waals surface area contributed by atoms with Gasteiger partial charge in [-0.3, -0.25) is 9.59 Å². The van der Waals surface area contributed by atoms with Crippen LogP contribution in [0.2, 0.25) is 0 Å². The van der Waals surface area contributed by atoms with Crippen LogP contribution < -0.4 is 0 Å². The van der Waals surface area contributed by atoms with E-state index < -0.39 is 18.0 Å². The summed E-state index contributed by atoms with van der Waals surface area (Å²) in [5, 5.41) is 3.47. The van der Waals surface area contributed by atoms with E-state index in [-0.39, 0.29) is 31.0 Å². The monoisotopic (exact) mass is 452 g/mol. The molecule has 0 radical (unpaired) electrons. The zero-order valence-corrected chi connectivity index (χ0v) is 17.8. The second kappa shape index (κ2) is 9.04. The first-order valence-corrected chi connectivity index (χ1v) is 10.5. The molecule has 0 saturated carbocycles. The fraction of sp³-hybridized carbons (Fsp3) is 0.350. The van der Waals surface area contributed by atoms with Crippen LogP contribution in [-0.2, 0) is 22.1 Å². The number of ether oxygens (including phenoxy) is 1. The molecular weight excluding hydrogens is 433 g/mol. The third kappa shape index (κ3) is 5.22. The number of rotatable bonds is 7. The number of fused-ring (bicyclic) bond motifs is 1. The maximum atomic E-state index is 12.9. The second-order valence-corrected chi connectivity index (χ2v) is 7.60. The highest BCUT2D eigenvalue weighted by atomic mass is 32.2. The van der Waals surface area contributed by atoms with E-state index in [1.165, 1.54) is 0 Å². The highest BCUT2D eigenvalue weighted by Crippen LogP contribution is 2.27. The minimum absolute atomic E-state index is 0.0611. The predicted octanol–water partition coefficient (Wildman–Crippen LogP) is 3.84. The summed E-state index contributed by atoms with van der Waals surface area (Å²) in [6.45, 7) is 2.82. The number of aryl methyl sites for hydroxylation is 2. The zero-order valence-electron chi connectivity index (χ0n) is 17.0. The first kappa shape index (κ1) is 22.7. The molecule has 0 aliphatic heterocycles. The van der Waals surface area contributed by atoms with Gasteiger partial charge in [-0.05, 0) is 44.2 Å². The van der Waals surface area contributed by atoms with Crippen LogP contribution in [0.25, 0.3) is 5.78 Å². The van der Waals surface area contributed by atoms with E-state index in [1.54, 1.807) is 37.7 Å². The molecule has 2 heterocycles. The van der Waals surface area contributed by atoms with Gasteiger partial charge in [-0.1, -0.05) is 12.1 Å². The van der Waals surface area contributed by atoms with E-state index >= 15 is 0 Å². The van der Waals surface area contributed by atoms with Gasteiger partial charge in [0.15, 0.2) is 12.4 Å². The number of benzene rings is 1. The lowest BCUT2D eigenvalue weighted by Gasteiger charge is -2.10. The molecule has 0 spiro atoms. The van der Waals surface area contributed by atoms with E-state index in [2.05, 4.69) is 15.1 Å². The van der Waals surface area contributed by atoms with Crippen LogP contribution in [0.15, 0.2) is 29.2 Å². The highest BCUT2D eigenvalue weighted by molar-refractivity contribution is 7.98. The van der Waals surface area contributed by atoms with E-state index in [0.29, 0.717) is 22.5 Å². The van der Waals surface area contributed by atoms with Crippen LogP contribution in [-0.4, -0.2) is 44.2 Å². The lowest BCUT2D eigenvalue weighted by molar-refractivity contribution is -0.145. The van der Waals surface area contributed by atoms with Gasteiger partial charge in [0, 0.05) is 28.3 Å². The van der Waals surface area contributed by atoms with Crippen molar-refractivity contribution in [2.75, 3.05) is 12.9 Å². The van der Waals surface area contributed by atoms with Crippen molar-refractivity contribution in [3.63, 3.8) is 0 Å². The maximum absolute atomic E-state index is 12.9. The molecule has 31 heavy (non-hydrogen) atoms. The van der Waals surface area contributed by atoms with Crippen LogP contribution >= 0.6 is 11.8 Å². The highest BCUT2D eigenvalue weighted by Gasteiger charge is 2.37. The molecule has 0 aliphatic carbocycles. The van der Waals surface area contributed by atoms with Crippen molar-refractivity contribution in [2.24, 2.45) is 0 Å². The van der Waals surface area contributed by atoms with Crippen molar-refractivity contribution >= 4 is 29.3 Å². The van der Waals surface area contributed by atoms with E-state index in [4.69, 9.17) is 4.74 Å². The molecule has 0 bridgehead atoms. The summed E-state index contributed by atoms with van der Waals surface area (Å²) >= 11 is 1.55. The van der Waals surface area contributed by atoms with Crippen LogP contribution in [0.3, 0.4) is 0 Å². The Morgan fingerprint density at radius 3 is 2.42 bits per heavy atom. The van der Waals surface area contributed by atoms with Gasteiger partial charge < -0.3 is 4.74 Å². The molecule has 3 rings (SSSR count). The summed E-state index contributed by atoms with van der Waals surface area (Å²) < 4.78 is 44.7. The van der Waals surface area contributed by atoms with Crippen LogP contribution in [0, 0.1) is 13.8 Å². The largest absolute Gasteiger partial charge is 0.457 e. The first-order valence-electron chi connectivity index (χ1n) is 9.23. The standard InChI is InChI=1S/C20H19F3N4O3S/c1-11-15(12(2)27-19(24-11)25-18(26-27)20(21,22)23)8-9-17(29)30-10-16(28)13-4-6-14(31-3)7-5-13/h4-7H,8-10H2,1-3H3. The van der Waals surface area contributed by atoms with Gasteiger partial charge in [0.05, 0.1) is 0 Å². The summed E-state index contributed by atoms with van der Waals surface area (Å²) in [5.41, 5.74) is 1.87. The molecule has 11 heteroatoms. The molecule has 0 saturated heterocycles. The maximum Gasteiger partial charge on any atom is 0.453 e. The average Bonchev–Trinajstić information content (AvgIpc) is 3.16. The number of ketones is 1. The number of carbonyl (C=O) groups is 2. The molecule has 0 aliphatic rings. The fourth-order valence-electron chi connectivity index (χ4n) is 3.00. The lowest BCUT2D eigenvalue weighted by atomic mass is 10.1. The number of Topliss-reactive ketones (excluding diaryl/α,β-unsaturated/α-hetero) is 1.